The number of aliphatic hydroxyl groups excluding tert-OH is 1. The number of nitrogens with zero attached hydrogens (tertiary/aromatic N) is 2. The summed E-state index contributed by atoms with van der Waals surface area (Å²) >= 11 is 0. The molecule has 0 aliphatic carbocycles. The Morgan fingerprint density at radius 3 is 2.75 bits per heavy atom. The summed E-state index contributed by atoms with van der Waals surface area (Å²) in [5, 5.41) is 14.1. The molecule has 0 bridgehead atoms. The van der Waals surface area contributed by atoms with E-state index in [0.717, 1.165) is 5.12 Å². The molecule has 5 N–H and O–H groups in total. The number of amidine groups is 1. The van der Waals surface area contributed by atoms with E-state index in [1.807, 2.05) is 0 Å². The Morgan fingerprint density at radius 2 is 2.25 bits per heavy atom. The first-order valence-electron chi connectivity index (χ1n) is 4.69. The second-order valence-corrected chi connectivity index (χ2v) is 3.24. The van der Waals surface area contributed by atoms with Crippen molar-refractivity contribution in [3.63, 3.8) is 0 Å². The molecule has 0 amide bonds. The highest BCUT2D eigenvalue weighted by Gasteiger charge is 2.06. The molecule has 6 nitrogen and oxygen atoms in total. The summed E-state index contributed by atoms with van der Waals surface area (Å²) in [5.41, 5.74) is 7.05. The van der Waals surface area contributed by atoms with Crippen LogP contribution >= 0.6 is 0 Å². The third-order valence-electron chi connectivity index (χ3n) is 2.01. The smallest absolute Gasteiger partial charge is 0.152 e. The maximum absolute atomic E-state index is 9.14. The molecule has 88 valence electrons. The van der Waals surface area contributed by atoms with E-state index in [4.69, 9.17) is 21.4 Å². The summed E-state index contributed by atoms with van der Waals surface area (Å²) in [6.45, 7) is -0.122. The second kappa shape index (κ2) is 5.34. The molecule has 0 saturated heterocycles. The van der Waals surface area contributed by atoms with Gasteiger partial charge in [0, 0.05) is 18.2 Å². The van der Waals surface area contributed by atoms with E-state index in [0.29, 0.717) is 16.9 Å². The number of hydrogen-bond acceptors (Lipinski definition) is 5. The van der Waals surface area contributed by atoms with Gasteiger partial charge in [-0.3, -0.25) is 0 Å². The molecule has 1 aromatic rings. The summed E-state index contributed by atoms with van der Waals surface area (Å²) < 4.78 is 5.08. The van der Waals surface area contributed by atoms with Crippen LogP contribution in [0.4, 0.5) is 0 Å². The Hall–Kier alpha value is -1.79. The van der Waals surface area contributed by atoms with E-state index in [-0.39, 0.29) is 12.4 Å². The Kier molecular flexibility index (Phi) is 4.10. The largest absolute Gasteiger partial charge is 0.496 e. The first-order valence-corrected chi connectivity index (χ1v) is 4.69. The number of aliphatic hydroxyl groups is 1. The minimum Gasteiger partial charge on any atom is -0.496 e. The molecule has 0 atom stereocenters. The third kappa shape index (κ3) is 2.85. The predicted molar refractivity (Wildman–Crippen MR) is 61.6 cm³/mol. The molecule has 0 heterocycles. The van der Waals surface area contributed by atoms with E-state index in [1.165, 1.54) is 0 Å². The van der Waals surface area contributed by atoms with Crippen molar-refractivity contribution in [3.8, 4) is 5.75 Å². The van der Waals surface area contributed by atoms with E-state index in [2.05, 4.69) is 5.10 Å². The number of benzene rings is 1. The van der Waals surface area contributed by atoms with Gasteiger partial charge in [-0.15, -0.1) is 5.10 Å². The lowest BCUT2D eigenvalue weighted by Gasteiger charge is -2.10. The lowest BCUT2D eigenvalue weighted by molar-refractivity contribution is 0.274. The van der Waals surface area contributed by atoms with Crippen LogP contribution in [0.5, 0.6) is 5.75 Å². The van der Waals surface area contributed by atoms with Crippen LogP contribution in [0.1, 0.15) is 11.1 Å². The fourth-order valence-electron chi connectivity index (χ4n) is 1.29. The molecule has 6 heteroatoms. The van der Waals surface area contributed by atoms with Crippen molar-refractivity contribution in [2.45, 2.75) is 6.61 Å². The second-order valence-electron chi connectivity index (χ2n) is 3.24. The quantitative estimate of drug-likeness (QED) is 0.280. The number of methoxy groups -OCH3 is 1. The van der Waals surface area contributed by atoms with E-state index in [9.17, 15) is 0 Å². The molecule has 0 aliphatic heterocycles. The topological polar surface area (TPSA) is 97.1 Å². The molecule has 16 heavy (non-hydrogen) atoms. The summed E-state index contributed by atoms with van der Waals surface area (Å²) in [5.74, 6) is 6.24. The van der Waals surface area contributed by atoms with E-state index >= 15 is 0 Å². The highest BCUT2D eigenvalue weighted by molar-refractivity contribution is 5.97. The molecule has 0 aromatic heterocycles. The number of hydrazone groups is 1. The van der Waals surface area contributed by atoms with Crippen molar-refractivity contribution in [3.05, 3.63) is 29.3 Å². The van der Waals surface area contributed by atoms with Crippen LogP contribution in [0, 0.1) is 0 Å². The van der Waals surface area contributed by atoms with Gasteiger partial charge in [-0.05, 0) is 18.2 Å². The van der Waals surface area contributed by atoms with Gasteiger partial charge in [0.25, 0.3) is 0 Å². The Morgan fingerprint density at radius 1 is 1.56 bits per heavy atom. The van der Waals surface area contributed by atoms with Crippen molar-refractivity contribution in [1.29, 1.82) is 0 Å². The molecule has 0 saturated carbocycles. The van der Waals surface area contributed by atoms with Crippen molar-refractivity contribution < 1.29 is 9.84 Å². The summed E-state index contributed by atoms with van der Waals surface area (Å²) in [6, 6.07) is 5.18. The monoisotopic (exact) mass is 224 g/mol. The number of nitrogens with two attached hydrogens (primary N) is 2. The lowest BCUT2D eigenvalue weighted by atomic mass is 10.1. The van der Waals surface area contributed by atoms with E-state index < -0.39 is 0 Å². The number of hydrazine groups is 1. The molecule has 0 unspecified atom stereocenters. The highest BCUT2D eigenvalue weighted by Crippen LogP contribution is 2.19. The molecule has 1 rings (SSSR count). The standard InChI is InChI=1S/C10H16N4O2/c1-14(12)13-10(11)7-3-4-9(16-2)8(5-7)6-15/h3-5,15H,6,12H2,1-2H3,(H2,11,13). The van der Waals surface area contributed by atoms with Crippen molar-refractivity contribution in [1.82, 2.24) is 5.12 Å². The number of ether oxygens (including phenoxy) is 1. The predicted octanol–water partition coefficient (Wildman–Crippen LogP) is -0.387. The van der Waals surface area contributed by atoms with Crippen LogP contribution in [0.2, 0.25) is 0 Å². The van der Waals surface area contributed by atoms with Gasteiger partial charge in [0.15, 0.2) is 5.84 Å². The van der Waals surface area contributed by atoms with Crippen molar-refractivity contribution in [2.75, 3.05) is 14.2 Å². The SMILES string of the molecule is COc1ccc(/C(N)=N/N(C)N)cc1CO. The zero-order valence-corrected chi connectivity index (χ0v) is 9.34. The van der Waals surface area contributed by atoms with Crippen LogP contribution in [0.25, 0.3) is 0 Å². The van der Waals surface area contributed by atoms with Gasteiger partial charge >= 0.3 is 0 Å². The average molecular weight is 224 g/mol. The Bertz CT molecular complexity index is 390. The first kappa shape index (κ1) is 12.3. The average Bonchev–Trinajstić information content (AvgIpc) is 2.27. The first-order chi connectivity index (χ1) is 7.58. The molecule has 1 aromatic carbocycles. The van der Waals surface area contributed by atoms with Gasteiger partial charge in [-0.25, -0.2) is 11.0 Å². The third-order valence-corrected chi connectivity index (χ3v) is 2.01. The van der Waals surface area contributed by atoms with Crippen LogP contribution < -0.4 is 16.3 Å². The summed E-state index contributed by atoms with van der Waals surface area (Å²) in [7, 11) is 3.11. The molecule has 0 radical (unpaired) electrons. The fourth-order valence-corrected chi connectivity index (χ4v) is 1.29. The van der Waals surface area contributed by atoms with Crippen LogP contribution in [0.15, 0.2) is 23.3 Å². The number of hydrogen-bond donors (Lipinski definition) is 3. The highest BCUT2D eigenvalue weighted by atomic mass is 16.5. The van der Waals surface area contributed by atoms with Crippen LogP contribution in [-0.2, 0) is 6.61 Å². The minimum atomic E-state index is -0.122. The molecular formula is C10H16N4O2. The van der Waals surface area contributed by atoms with Crippen molar-refractivity contribution >= 4 is 5.84 Å². The van der Waals surface area contributed by atoms with Crippen molar-refractivity contribution in [2.24, 2.45) is 16.7 Å². The minimum absolute atomic E-state index is 0.122. The maximum Gasteiger partial charge on any atom is 0.152 e. The van der Waals surface area contributed by atoms with Gasteiger partial charge in [-0.2, -0.15) is 0 Å². The molecule has 0 spiro atoms. The normalized spacial score (nSPS) is 11.4. The zero-order valence-electron chi connectivity index (χ0n) is 9.34. The van der Waals surface area contributed by atoms with E-state index in [1.54, 1.807) is 32.4 Å². The lowest BCUT2D eigenvalue weighted by Crippen LogP contribution is -2.25. The summed E-state index contributed by atoms with van der Waals surface area (Å²) in [4.78, 5) is 0. The van der Waals surface area contributed by atoms with Gasteiger partial charge in [-0.1, -0.05) is 0 Å². The van der Waals surface area contributed by atoms with Crippen LogP contribution in [-0.4, -0.2) is 30.2 Å². The van der Waals surface area contributed by atoms with Gasteiger partial charge in [0.2, 0.25) is 0 Å². The Labute approximate surface area is 94.1 Å². The zero-order chi connectivity index (χ0) is 12.1. The summed E-state index contributed by atoms with van der Waals surface area (Å²) in [6.07, 6.45) is 0. The maximum atomic E-state index is 9.14. The van der Waals surface area contributed by atoms with Crippen LogP contribution in [0.3, 0.4) is 0 Å². The molecule has 0 aliphatic rings. The van der Waals surface area contributed by atoms with Gasteiger partial charge < -0.3 is 15.6 Å². The molecule has 0 fully saturated rings. The van der Waals surface area contributed by atoms with Gasteiger partial charge in [0.05, 0.1) is 13.7 Å². The number of rotatable bonds is 4. The molecular weight excluding hydrogens is 208 g/mol. The van der Waals surface area contributed by atoms with Gasteiger partial charge in [0.1, 0.15) is 5.75 Å². The Balaban J connectivity index is 3.08. The fraction of sp³-hybridized carbons (Fsp3) is 0.300.